The molecule has 4 heteroatoms. The van der Waals surface area contributed by atoms with E-state index in [1.165, 1.54) is 6.92 Å². The van der Waals surface area contributed by atoms with E-state index in [-0.39, 0.29) is 5.78 Å². The van der Waals surface area contributed by atoms with E-state index in [1.54, 1.807) is 19.2 Å². The molecule has 1 aromatic heterocycles. The number of allylic oxidation sites excluding steroid dienone is 2. The van der Waals surface area contributed by atoms with Crippen molar-refractivity contribution in [2.45, 2.75) is 20.8 Å². The molecule has 1 heterocycles. The molecule has 0 radical (unpaired) electrons. The van der Waals surface area contributed by atoms with Crippen LogP contribution in [0.15, 0.2) is 12.3 Å². The molecule has 1 rings (SSSR count). The standard InChI is InChI=1S/C9H11N3O/c1-4-8(7(3)13)9-6(2)5-10-12-11-9/h4-5H,1-3H3. The van der Waals surface area contributed by atoms with Crippen LogP contribution in [0.25, 0.3) is 5.57 Å². The summed E-state index contributed by atoms with van der Waals surface area (Å²) in [7, 11) is 0. The molecule has 0 N–H and O–H groups in total. The monoisotopic (exact) mass is 177 g/mol. The van der Waals surface area contributed by atoms with E-state index < -0.39 is 0 Å². The van der Waals surface area contributed by atoms with Crippen molar-refractivity contribution in [2.75, 3.05) is 0 Å². The molecule has 1 aromatic rings. The van der Waals surface area contributed by atoms with E-state index in [2.05, 4.69) is 15.4 Å². The SMILES string of the molecule is CC=C(C(C)=O)c1nnncc1C. The molecule has 13 heavy (non-hydrogen) atoms. The third-order valence-electron chi connectivity index (χ3n) is 1.74. The normalized spacial score (nSPS) is 11.5. The number of Topliss-reactive ketones (excluding diaryl/α,β-unsaturated/α-hetero) is 1. The third kappa shape index (κ3) is 1.96. The Hall–Kier alpha value is -1.58. The molecule has 0 bridgehead atoms. The minimum Gasteiger partial charge on any atom is -0.294 e. The zero-order chi connectivity index (χ0) is 9.84. The summed E-state index contributed by atoms with van der Waals surface area (Å²) in [6.07, 6.45) is 3.33. The molecule has 0 aromatic carbocycles. The van der Waals surface area contributed by atoms with E-state index in [9.17, 15) is 4.79 Å². The van der Waals surface area contributed by atoms with Crippen molar-refractivity contribution in [1.82, 2.24) is 15.4 Å². The largest absolute Gasteiger partial charge is 0.294 e. The van der Waals surface area contributed by atoms with E-state index in [1.807, 2.05) is 6.92 Å². The predicted molar refractivity (Wildman–Crippen MR) is 48.9 cm³/mol. The van der Waals surface area contributed by atoms with Crippen LogP contribution in [-0.4, -0.2) is 21.2 Å². The molecule has 0 spiro atoms. The average molecular weight is 177 g/mol. The first-order chi connectivity index (χ1) is 6.16. The van der Waals surface area contributed by atoms with E-state index >= 15 is 0 Å². The Labute approximate surface area is 76.7 Å². The summed E-state index contributed by atoms with van der Waals surface area (Å²) in [5.74, 6) is -0.00824. The molecule has 4 nitrogen and oxygen atoms in total. The summed E-state index contributed by atoms with van der Waals surface area (Å²) in [6, 6.07) is 0. The number of carbonyl (C=O) groups is 1. The van der Waals surface area contributed by atoms with Gasteiger partial charge in [0.25, 0.3) is 0 Å². The van der Waals surface area contributed by atoms with Crippen LogP contribution < -0.4 is 0 Å². The summed E-state index contributed by atoms with van der Waals surface area (Å²) in [5.41, 5.74) is 2.07. The van der Waals surface area contributed by atoms with Gasteiger partial charge in [-0.05, 0) is 31.5 Å². The minimum absolute atomic E-state index is 0.00824. The molecule has 0 atom stereocenters. The Balaban J connectivity index is 3.21. The number of hydrogen-bond donors (Lipinski definition) is 0. The highest BCUT2D eigenvalue weighted by Crippen LogP contribution is 2.14. The summed E-state index contributed by atoms with van der Waals surface area (Å²) in [4.78, 5) is 11.2. The first-order valence-electron chi connectivity index (χ1n) is 3.99. The summed E-state index contributed by atoms with van der Waals surface area (Å²) < 4.78 is 0. The van der Waals surface area contributed by atoms with Gasteiger partial charge < -0.3 is 0 Å². The van der Waals surface area contributed by atoms with Crippen molar-refractivity contribution in [1.29, 1.82) is 0 Å². The van der Waals surface area contributed by atoms with Crippen molar-refractivity contribution in [3.63, 3.8) is 0 Å². The lowest BCUT2D eigenvalue weighted by atomic mass is 10.1. The predicted octanol–water partition coefficient (Wildman–Crippen LogP) is 1.17. The number of ketones is 1. The van der Waals surface area contributed by atoms with Crippen LogP contribution in [0.1, 0.15) is 25.1 Å². The first kappa shape index (κ1) is 9.51. The number of hydrogen-bond acceptors (Lipinski definition) is 4. The van der Waals surface area contributed by atoms with Gasteiger partial charge in [-0.2, -0.15) is 0 Å². The van der Waals surface area contributed by atoms with Gasteiger partial charge in [0.2, 0.25) is 0 Å². The second kappa shape index (κ2) is 3.89. The molecule has 0 aliphatic carbocycles. The van der Waals surface area contributed by atoms with Crippen molar-refractivity contribution in [3.8, 4) is 0 Å². The van der Waals surface area contributed by atoms with Gasteiger partial charge in [0.05, 0.1) is 6.20 Å². The molecule has 0 unspecified atom stereocenters. The second-order valence-corrected chi connectivity index (χ2v) is 2.72. The van der Waals surface area contributed by atoms with Gasteiger partial charge in [-0.25, -0.2) is 0 Å². The highest BCUT2D eigenvalue weighted by Gasteiger charge is 2.10. The average Bonchev–Trinajstić information content (AvgIpc) is 2.09. The van der Waals surface area contributed by atoms with E-state index in [0.717, 1.165) is 5.56 Å². The first-order valence-corrected chi connectivity index (χ1v) is 3.99. The smallest absolute Gasteiger partial charge is 0.161 e. The fourth-order valence-corrected chi connectivity index (χ4v) is 1.10. The highest BCUT2D eigenvalue weighted by atomic mass is 16.1. The molecule has 0 aliphatic rings. The number of aromatic nitrogens is 3. The van der Waals surface area contributed by atoms with E-state index in [0.29, 0.717) is 11.3 Å². The number of rotatable bonds is 2. The molecule has 0 saturated heterocycles. The Morgan fingerprint density at radius 1 is 1.54 bits per heavy atom. The van der Waals surface area contributed by atoms with Gasteiger partial charge in [-0.15, -0.1) is 10.2 Å². The molecule has 68 valence electrons. The summed E-state index contributed by atoms with van der Waals surface area (Å²) in [6.45, 7) is 5.17. The molecular weight excluding hydrogens is 166 g/mol. The van der Waals surface area contributed by atoms with E-state index in [4.69, 9.17) is 0 Å². The molecule has 0 saturated carbocycles. The number of aryl methyl sites for hydroxylation is 1. The van der Waals surface area contributed by atoms with Gasteiger partial charge in [0, 0.05) is 5.57 Å². The number of carbonyl (C=O) groups excluding carboxylic acids is 1. The van der Waals surface area contributed by atoms with Gasteiger partial charge >= 0.3 is 0 Å². The fourth-order valence-electron chi connectivity index (χ4n) is 1.10. The lowest BCUT2D eigenvalue weighted by Crippen LogP contribution is -2.03. The maximum Gasteiger partial charge on any atom is 0.161 e. The van der Waals surface area contributed by atoms with Crippen LogP contribution in [-0.2, 0) is 4.79 Å². The Morgan fingerprint density at radius 2 is 2.23 bits per heavy atom. The van der Waals surface area contributed by atoms with Crippen LogP contribution in [0, 0.1) is 6.92 Å². The highest BCUT2D eigenvalue weighted by molar-refractivity contribution is 6.19. The lowest BCUT2D eigenvalue weighted by Gasteiger charge is -2.02. The van der Waals surface area contributed by atoms with Crippen molar-refractivity contribution >= 4 is 11.4 Å². The fraction of sp³-hybridized carbons (Fsp3) is 0.333. The molecule has 0 fully saturated rings. The van der Waals surface area contributed by atoms with Crippen molar-refractivity contribution in [3.05, 3.63) is 23.5 Å². The van der Waals surface area contributed by atoms with Gasteiger partial charge in [-0.3, -0.25) is 4.79 Å². The maximum atomic E-state index is 11.2. The van der Waals surface area contributed by atoms with Crippen molar-refractivity contribution in [2.24, 2.45) is 0 Å². The topological polar surface area (TPSA) is 55.7 Å². The van der Waals surface area contributed by atoms with Gasteiger partial charge in [-0.1, -0.05) is 6.08 Å². The minimum atomic E-state index is -0.00824. The Bertz CT molecular complexity index is 358. The molecular formula is C9H11N3O. The third-order valence-corrected chi connectivity index (χ3v) is 1.74. The van der Waals surface area contributed by atoms with Crippen LogP contribution in [0.3, 0.4) is 0 Å². The van der Waals surface area contributed by atoms with Crippen LogP contribution in [0.5, 0.6) is 0 Å². The second-order valence-electron chi connectivity index (χ2n) is 2.72. The summed E-state index contributed by atoms with van der Waals surface area (Å²) >= 11 is 0. The van der Waals surface area contributed by atoms with Crippen LogP contribution in [0.4, 0.5) is 0 Å². The zero-order valence-electron chi connectivity index (χ0n) is 7.90. The quantitative estimate of drug-likeness (QED) is 0.636. The lowest BCUT2D eigenvalue weighted by molar-refractivity contribution is -0.111. The van der Waals surface area contributed by atoms with Crippen LogP contribution >= 0.6 is 0 Å². The maximum absolute atomic E-state index is 11.2. The van der Waals surface area contributed by atoms with Crippen molar-refractivity contribution < 1.29 is 4.79 Å². The summed E-state index contributed by atoms with van der Waals surface area (Å²) in [5, 5.41) is 10.9. The van der Waals surface area contributed by atoms with Gasteiger partial charge in [0.1, 0.15) is 5.69 Å². The zero-order valence-corrected chi connectivity index (χ0v) is 7.90. The van der Waals surface area contributed by atoms with Gasteiger partial charge in [0.15, 0.2) is 5.78 Å². The Kier molecular flexibility index (Phi) is 2.84. The molecule has 0 aliphatic heterocycles. The molecule has 0 amide bonds. The van der Waals surface area contributed by atoms with Crippen LogP contribution in [0.2, 0.25) is 0 Å². The Morgan fingerprint density at radius 3 is 2.69 bits per heavy atom. The number of nitrogens with zero attached hydrogens (tertiary/aromatic N) is 3.